The molecule has 4 aliphatic rings. The fourth-order valence-electron chi connectivity index (χ4n) is 13.5. The van der Waals surface area contributed by atoms with Gasteiger partial charge in [0.05, 0.1) is 11.1 Å². The summed E-state index contributed by atoms with van der Waals surface area (Å²) in [5, 5.41) is 3.66. The first-order valence-electron chi connectivity index (χ1n) is 25.7. The van der Waals surface area contributed by atoms with Crippen LogP contribution in [0.3, 0.4) is 0 Å². The van der Waals surface area contributed by atoms with Crippen molar-refractivity contribution in [1.29, 1.82) is 0 Å². The molecule has 0 saturated carbocycles. The van der Waals surface area contributed by atoms with Crippen LogP contribution in [0.1, 0.15) is 100 Å². The minimum Gasteiger partial charge on any atom is -0.440 e. The van der Waals surface area contributed by atoms with E-state index in [9.17, 15) is 0 Å². The Hall–Kier alpha value is -7.56. The van der Waals surface area contributed by atoms with Gasteiger partial charge in [0, 0.05) is 39.0 Å². The van der Waals surface area contributed by atoms with E-state index in [1.54, 1.807) is 0 Å². The van der Waals surface area contributed by atoms with E-state index in [0.29, 0.717) is 0 Å². The fourth-order valence-corrected chi connectivity index (χ4v) is 13.5. The van der Waals surface area contributed by atoms with Crippen molar-refractivity contribution in [1.82, 2.24) is 0 Å². The maximum absolute atomic E-state index is 7.73. The number of hydrogen-bond acceptors (Lipinski definition) is 3. The number of anilines is 5. The van der Waals surface area contributed by atoms with Crippen LogP contribution in [-0.4, -0.2) is 6.85 Å². The van der Waals surface area contributed by atoms with Gasteiger partial charge in [-0.25, -0.2) is 0 Å². The Morgan fingerprint density at radius 1 is 0.493 bits per heavy atom. The molecule has 1 aliphatic carbocycles. The summed E-state index contributed by atoms with van der Waals surface area (Å²) in [6.07, 6.45) is 2.26. The topological polar surface area (TPSA) is 19.6 Å². The van der Waals surface area contributed by atoms with E-state index in [1.165, 1.54) is 99.7 Å². The molecule has 10 aromatic rings. The molecule has 4 heterocycles. The molecule has 0 fully saturated rings. The molecule has 4 heteroatoms. The standard InChI is InChI=1S/C67H57BN2O/c1-64(2,3)46-34-35-55(49(39-46)42-22-11-8-12-23-42)69-57-38-43-24-17-18-29-47(43)59-48-30-21-32-52-62(48)70(56-33-20-19-31-51(56)67(52,44-25-13-9-14-26-44)45-27-15-10-16-28-45)68(61(57)59)60-50-40-53-54(41-58(50)71-63(60)69)66(6,7)37-36-65(53,4)5/h8-35,38-41H,36-37H2,1-7H3. The summed E-state index contributed by atoms with van der Waals surface area (Å²) in [7, 11) is 0. The lowest BCUT2D eigenvalue weighted by Crippen LogP contribution is -2.63. The van der Waals surface area contributed by atoms with Gasteiger partial charge < -0.3 is 9.23 Å². The van der Waals surface area contributed by atoms with Gasteiger partial charge >= 0.3 is 6.85 Å². The van der Waals surface area contributed by atoms with Crippen LogP contribution in [0.4, 0.5) is 28.6 Å². The summed E-state index contributed by atoms with van der Waals surface area (Å²) in [6.45, 7) is 16.5. The largest absolute Gasteiger partial charge is 0.440 e. The molecule has 0 spiro atoms. The van der Waals surface area contributed by atoms with Gasteiger partial charge in [-0.05, 0) is 132 Å². The van der Waals surface area contributed by atoms with Gasteiger partial charge in [-0.1, -0.05) is 206 Å². The zero-order valence-corrected chi connectivity index (χ0v) is 41.8. The second kappa shape index (κ2) is 14.7. The number of para-hydroxylation sites is 2. The van der Waals surface area contributed by atoms with E-state index in [-0.39, 0.29) is 23.1 Å². The third-order valence-electron chi connectivity index (χ3n) is 17.1. The quantitative estimate of drug-likeness (QED) is 0.164. The van der Waals surface area contributed by atoms with Gasteiger partial charge in [-0.3, -0.25) is 4.90 Å². The molecule has 0 radical (unpaired) electrons. The molecule has 9 aromatic carbocycles. The lowest BCUT2D eigenvalue weighted by atomic mass is 9.42. The summed E-state index contributed by atoms with van der Waals surface area (Å²) in [4.78, 5) is 5.26. The molecule has 3 aliphatic heterocycles. The lowest BCUT2D eigenvalue weighted by Gasteiger charge is -2.52. The van der Waals surface area contributed by atoms with E-state index in [1.807, 2.05) is 0 Å². The first-order valence-corrected chi connectivity index (χ1v) is 25.7. The van der Waals surface area contributed by atoms with Crippen molar-refractivity contribution in [2.24, 2.45) is 0 Å². The summed E-state index contributed by atoms with van der Waals surface area (Å²) in [5.74, 6) is 0.888. The molecular weight excluding hydrogens is 860 g/mol. The van der Waals surface area contributed by atoms with Crippen LogP contribution in [0.15, 0.2) is 199 Å². The second-order valence-electron chi connectivity index (χ2n) is 23.0. The average molecular weight is 917 g/mol. The van der Waals surface area contributed by atoms with Crippen LogP contribution in [0, 0.1) is 0 Å². The minimum absolute atomic E-state index is 0.00485. The lowest BCUT2D eigenvalue weighted by molar-refractivity contribution is 0.332. The van der Waals surface area contributed by atoms with Gasteiger partial charge in [0.15, 0.2) is 0 Å². The molecule has 0 saturated heterocycles. The first-order chi connectivity index (χ1) is 34.4. The monoisotopic (exact) mass is 916 g/mol. The van der Waals surface area contributed by atoms with Crippen molar-refractivity contribution in [3.05, 3.63) is 233 Å². The summed E-state index contributed by atoms with van der Waals surface area (Å²) >= 11 is 0. The number of benzene rings is 9. The zero-order chi connectivity index (χ0) is 48.2. The van der Waals surface area contributed by atoms with Crippen LogP contribution in [0.25, 0.3) is 44.0 Å². The molecule has 14 rings (SSSR count). The number of fused-ring (bicyclic) bond motifs is 11. The maximum Gasteiger partial charge on any atom is 0.337 e. The van der Waals surface area contributed by atoms with E-state index in [4.69, 9.17) is 4.42 Å². The molecule has 0 amide bonds. The third-order valence-corrected chi connectivity index (χ3v) is 17.1. The molecule has 0 N–H and O–H groups in total. The van der Waals surface area contributed by atoms with Crippen LogP contribution in [-0.2, 0) is 21.7 Å². The molecule has 0 bridgehead atoms. The molecule has 3 nitrogen and oxygen atoms in total. The molecule has 71 heavy (non-hydrogen) atoms. The van der Waals surface area contributed by atoms with E-state index < -0.39 is 5.41 Å². The van der Waals surface area contributed by atoms with Crippen molar-refractivity contribution in [2.45, 2.75) is 83.0 Å². The van der Waals surface area contributed by atoms with Crippen LogP contribution >= 0.6 is 0 Å². The molecular formula is C67H57BN2O. The highest BCUT2D eigenvalue weighted by atomic mass is 16.4. The van der Waals surface area contributed by atoms with Crippen molar-refractivity contribution >= 4 is 68.1 Å². The maximum atomic E-state index is 7.73. The highest BCUT2D eigenvalue weighted by Gasteiger charge is 2.55. The number of furan rings is 1. The van der Waals surface area contributed by atoms with E-state index in [0.717, 1.165) is 35.7 Å². The zero-order valence-electron chi connectivity index (χ0n) is 41.8. The van der Waals surface area contributed by atoms with Gasteiger partial charge in [0.2, 0.25) is 5.88 Å². The van der Waals surface area contributed by atoms with Crippen LogP contribution in [0.5, 0.6) is 0 Å². The van der Waals surface area contributed by atoms with Crippen molar-refractivity contribution in [3.8, 4) is 22.3 Å². The molecule has 1 aromatic heterocycles. The Labute approximate surface area is 418 Å². The third kappa shape index (κ3) is 5.79. The first kappa shape index (κ1) is 42.3. The van der Waals surface area contributed by atoms with Crippen LogP contribution < -0.4 is 20.6 Å². The molecule has 0 atom stereocenters. The Bertz CT molecular complexity index is 3780. The van der Waals surface area contributed by atoms with Crippen molar-refractivity contribution in [2.75, 3.05) is 9.71 Å². The Morgan fingerprint density at radius 2 is 1.11 bits per heavy atom. The minimum atomic E-state index is -0.609. The number of hydrogen-bond donors (Lipinski definition) is 0. The van der Waals surface area contributed by atoms with Gasteiger partial charge in [-0.2, -0.15) is 0 Å². The summed E-state index contributed by atoms with van der Waals surface area (Å²) < 4.78 is 7.73. The Morgan fingerprint density at radius 3 is 1.82 bits per heavy atom. The summed E-state index contributed by atoms with van der Waals surface area (Å²) in [5.41, 5.74) is 21.6. The summed E-state index contributed by atoms with van der Waals surface area (Å²) in [6, 6.07) is 73.6. The number of rotatable bonds is 4. The Balaban J connectivity index is 1.18. The Kier molecular flexibility index (Phi) is 8.79. The van der Waals surface area contributed by atoms with Crippen molar-refractivity contribution < 1.29 is 4.42 Å². The predicted octanol–water partition coefficient (Wildman–Crippen LogP) is 16.3. The number of nitrogens with zero attached hydrogens (tertiary/aromatic N) is 2. The highest BCUT2D eigenvalue weighted by molar-refractivity contribution is 6.95. The highest BCUT2D eigenvalue weighted by Crippen LogP contribution is 2.61. The predicted molar refractivity (Wildman–Crippen MR) is 299 cm³/mol. The smallest absolute Gasteiger partial charge is 0.337 e. The molecule has 344 valence electrons. The normalized spacial score (nSPS) is 16.5. The SMILES string of the molecule is CC(C)(C)c1ccc(N2c3cc4ccccc4c4c3B(c3c2oc2cc5c(cc32)C(C)(C)CCC5(C)C)N2c3ccccc3C(c3ccccc3)(c3ccccc3)c3cccc-4c32)c(-c2ccccc2)c1. The fraction of sp³-hybridized carbons (Fsp3) is 0.194. The molecule has 0 unspecified atom stereocenters. The van der Waals surface area contributed by atoms with E-state index in [2.05, 4.69) is 252 Å². The van der Waals surface area contributed by atoms with Crippen LogP contribution in [0.2, 0.25) is 0 Å². The second-order valence-corrected chi connectivity index (χ2v) is 23.0. The van der Waals surface area contributed by atoms with Crippen molar-refractivity contribution in [3.63, 3.8) is 0 Å². The van der Waals surface area contributed by atoms with E-state index >= 15 is 0 Å². The van der Waals surface area contributed by atoms with Gasteiger partial charge in [0.25, 0.3) is 0 Å². The average Bonchev–Trinajstić information content (AvgIpc) is 3.76. The van der Waals surface area contributed by atoms with Gasteiger partial charge in [-0.15, -0.1) is 0 Å². The van der Waals surface area contributed by atoms with Gasteiger partial charge in [0.1, 0.15) is 5.58 Å².